The smallest absolute Gasteiger partial charge is 0.240 e. The van der Waals surface area contributed by atoms with Crippen LogP contribution in [-0.2, 0) is 11.3 Å². The van der Waals surface area contributed by atoms with E-state index in [-0.39, 0.29) is 5.91 Å². The third-order valence-corrected chi connectivity index (χ3v) is 4.15. The minimum Gasteiger partial charge on any atom is -0.368 e. The average Bonchev–Trinajstić information content (AvgIpc) is 2.91. The SMILES string of the molecule is NC(=O)C(NCc1cccs1)c1cncn1C1CC1. The predicted octanol–water partition coefficient (Wildman–Crippen LogP) is 1.60. The number of thiophene rings is 1. The van der Waals surface area contributed by atoms with E-state index in [1.807, 2.05) is 17.5 Å². The van der Waals surface area contributed by atoms with Crippen LogP contribution in [0.2, 0.25) is 0 Å². The average molecular weight is 276 g/mol. The largest absolute Gasteiger partial charge is 0.368 e. The molecular weight excluding hydrogens is 260 g/mol. The monoisotopic (exact) mass is 276 g/mol. The summed E-state index contributed by atoms with van der Waals surface area (Å²) in [5, 5.41) is 5.24. The molecular formula is C13H16N4OS. The van der Waals surface area contributed by atoms with Crippen molar-refractivity contribution in [3.63, 3.8) is 0 Å². The zero-order valence-corrected chi connectivity index (χ0v) is 11.3. The van der Waals surface area contributed by atoms with Gasteiger partial charge in [0.15, 0.2) is 0 Å². The summed E-state index contributed by atoms with van der Waals surface area (Å²) in [6.07, 6.45) is 5.82. The minimum absolute atomic E-state index is 0.362. The molecule has 2 aromatic rings. The van der Waals surface area contributed by atoms with Crippen LogP contribution in [0.1, 0.15) is 35.5 Å². The molecule has 0 spiro atoms. The summed E-state index contributed by atoms with van der Waals surface area (Å²) in [4.78, 5) is 17.0. The van der Waals surface area contributed by atoms with Gasteiger partial charge in [0.2, 0.25) is 5.91 Å². The lowest BCUT2D eigenvalue weighted by Crippen LogP contribution is -2.34. The lowest BCUT2D eigenvalue weighted by Gasteiger charge is -2.17. The molecule has 0 aromatic carbocycles. The van der Waals surface area contributed by atoms with Crippen molar-refractivity contribution >= 4 is 17.2 Å². The van der Waals surface area contributed by atoms with Gasteiger partial charge in [-0.25, -0.2) is 4.98 Å². The number of carbonyl (C=O) groups is 1. The number of imidazole rings is 1. The maximum atomic E-state index is 11.7. The number of amides is 1. The molecule has 5 nitrogen and oxygen atoms in total. The molecule has 0 bridgehead atoms. The molecule has 19 heavy (non-hydrogen) atoms. The van der Waals surface area contributed by atoms with E-state index in [9.17, 15) is 4.79 Å². The van der Waals surface area contributed by atoms with E-state index in [0.29, 0.717) is 12.6 Å². The first-order valence-corrected chi connectivity index (χ1v) is 7.20. The standard InChI is InChI=1S/C13H16N4OS/c14-13(18)12(16-6-10-2-1-5-19-10)11-7-15-8-17(11)9-3-4-9/h1-2,5,7-9,12,16H,3-4,6H2,(H2,14,18). The lowest BCUT2D eigenvalue weighted by molar-refractivity contribution is -0.120. The van der Waals surface area contributed by atoms with E-state index >= 15 is 0 Å². The summed E-state index contributed by atoms with van der Waals surface area (Å²) < 4.78 is 2.07. The maximum Gasteiger partial charge on any atom is 0.240 e. The summed E-state index contributed by atoms with van der Waals surface area (Å²) in [6, 6.07) is 4.04. The molecule has 3 rings (SSSR count). The van der Waals surface area contributed by atoms with Crippen molar-refractivity contribution < 1.29 is 4.79 Å². The molecule has 0 saturated heterocycles. The number of nitrogens with one attached hydrogen (secondary N) is 1. The van der Waals surface area contributed by atoms with Crippen LogP contribution in [0.5, 0.6) is 0 Å². The molecule has 0 aliphatic heterocycles. The highest BCUT2D eigenvalue weighted by atomic mass is 32.1. The molecule has 1 unspecified atom stereocenters. The van der Waals surface area contributed by atoms with Gasteiger partial charge in [0, 0.05) is 17.5 Å². The van der Waals surface area contributed by atoms with Crippen LogP contribution in [0.3, 0.4) is 0 Å². The Morgan fingerprint density at radius 3 is 3.11 bits per heavy atom. The number of rotatable bonds is 6. The van der Waals surface area contributed by atoms with Crippen LogP contribution in [-0.4, -0.2) is 15.5 Å². The third-order valence-electron chi connectivity index (χ3n) is 3.28. The van der Waals surface area contributed by atoms with Crippen LogP contribution in [0.4, 0.5) is 0 Å². The quantitative estimate of drug-likeness (QED) is 0.841. The first-order chi connectivity index (χ1) is 9.25. The second kappa shape index (κ2) is 5.14. The number of nitrogens with zero attached hydrogens (tertiary/aromatic N) is 2. The topological polar surface area (TPSA) is 72.9 Å². The van der Waals surface area contributed by atoms with Crippen LogP contribution < -0.4 is 11.1 Å². The number of nitrogens with two attached hydrogens (primary N) is 1. The molecule has 1 saturated carbocycles. The number of hydrogen-bond acceptors (Lipinski definition) is 4. The molecule has 1 aliphatic rings. The van der Waals surface area contributed by atoms with E-state index in [4.69, 9.17) is 5.73 Å². The molecule has 1 atom stereocenters. The Morgan fingerprint density at radius 2 is 2.47 bits per heavy atom. The lowest BCUT2D eigenvalue weighted by atomic mass is 10.2. The zero-order valence-electron chi connectivity index (χ0n) is 10.5. The first-order valence-electron chi connectivity index (χ1n) is 6.32. The molecule has 3 N–H and O–H groups in total. The Morgan fingerprint density at radius 1 is 1.63 bits per heavy atom. The van der Waals surface area contributed by atoms with Crippen LogP contribution >= 0.6 is 11.3 Å². The number of primary amides is 1. The highest BCUT2D eigenvalue weighted by Gasteiger charge is 2.29. The summed E-state index contributed by atoms with van der Waals surface area (Å²) in [5.74, 6) is -0.362. The van der Waals surface area contributed by atoms with Gasteiger partial charge in [-0.3, -0.25) is 10.1 Å². The maximum absolute atomic E-state index is 11.7. The molecule has 2 heterocycles. The zero-order chi connectivity index (χ0) is 13.2. The molecule has 100 valence electrons. The van der Waals surface area contributed by atoms with Crippen LogP contribution in [0, 0.1) is 0 Å². The van der Waals surface area contributed by atoms with Crippen molar-refractivity contribution in [1.29, 1.82) is 0 Å². The Hall–Kier alpha value is -1.66. The van der Waals surface area contributed by atoms with Crippen LogP contribution in [0.25, 0.3) is 0 Å². The van der Waals surface area contributed by atoms with Crippen molar-refractivity contribution in [1.82, 2.24) is 14.9 Å². The van der Waals surface area contributed by atoms with E-state index in [1.54, 1.807) is 23.9 Å². The van der Waals surface area contributed by atoms with Crippen molar-refractivity contribution in [3.8, 4) is 0 Å². The highest BCUT2D eigenvalue weighted by Crippen LogP contribution is 2.36. The van der Waals surface area contributed by atoms with Crippen molar-refractivity contribution in [2.24, 2.45) is 5.73 Å². The van der Waals surface area contributed by atoms with Gasteiger partial charge in [0.05, 0.1) is 18.2 Å². The fraction of sp³-hybridized carbons (Fsp3) is 0.385. The Balaban J connectivity index is 1.76. The van der Waals surface area contributed by atoms with E-state index < -0.39 is 6.04 Å². The fourth-order valence-electron chi connectivity index (χ4n) is 2.16. The fourth-order valence-corrected chi connectivity index (χ4v) is 2.82. The normalized spacial score (nSPS) is 16.4. The van der Waals surface area contributed by atoms with Gasteiger partial charge in [-0.05, 0) is 24.3 Å². The minimum atomic E-state index is -0.481. The highest BCUT2D eigenvalue weighted by molar-refractivity contribution is 7.09. The molecule has 2 aromatic heterocycles. The molecule has 1 aliphatic carbocycles. The van der Waals surface area contributed by atoms with E-state index in [1.165, 1.54) is 4.88 Å². The second-order valence-corrected chi connectivity index (χ2v) is 5.78. The Labute approximate surface area is 115 Å². The second-order valence-electron chi connectivity index (χ2n) is 4.75. The number of hydrogen-bond donors (Lipinski definition) is 2. The molecule has 1 fully saturated rings. The van der Waals surface area contributed by atoms with E-state index in [2.05, 4.69) is 14.9 Å². The van der Waals surface area contributed by atoms with Gasteiger partial charge >= 0.3 is 0 Å². The van der Waals surface area contributed by atoms with Crippen molar-refractivity contribution in [2.45, 2.75) is 31.5 Å². The third kappa shape index (κ3) is 2.69. The van der Waals surface area contributed by atoms with Crippen LogP contribution in [0.15, 0.2) is 30.0 Å². The van der Waals surface area contributed by atoms with Gasteiger partial charge in [-0.2, -0.15) is 0 Å². The van der Waals surface area contributed by atoms with Gasteiger partial charge in [0.25, 0.3) is 0 Å². The summed E-state index contributed by atoms with van der Waals surface area (Å²) in [7, 11) is 0. The van der Waals surface area contributed by atoms with Gasteiger partial charge < -0.3 is 10.3 Å². The number of aromatic nitrogens is 2. The molecule has 1 amide bonds. The summed E-state index contributed by atoms with van der Waals surface area (Å²) in [5.41, 5.74) is 6.38. The number of carbonyl (C=O) groups excluding carboxylic acids is 1. The molecule has 0 radical (unpaired) electrons. The van der Waals surface area contributed by atoms with Crippen molar-refractivity contribution in [3.05, 3.63) is 40.6 Å². The molecule has 6 heteroatoms. The Bertz CT molecular complexity index is 559. The van der Waals surface area contributed by atoms with Gasteiger partial charge in [-0.15, -0.1) is 11.3 Å². The van der Waals surface area contributed by atoms with Crippen molar-refractivity contribution in [2.75, 3.05) is 0 Å². The Kier molecular flexibility index (Phi) is 3.35. The van der Waals surface area contributed by atoms with Gasteiger partial charge in [-0.1, -0.05) is 6.07 Å². The summed E-state index contributed by atoms with van der Waals surface area (Å²) in [6.45, 7) is 0.640. The first kappa shape index (κ1) is 12.4. The predicted molar refractivity (Wildman–Crippen MR) is 73.6 cm³/mol. The van der Waals surface area contributed by atoms with E-state index in [0.717, 1.165) is 18.5 Å². The summed E-state index contributed by atoms with van der Waals surface area (Å²) >= 11 is 1.66. The van der Waals surface area contributed by atoms with Gasteiger partial charge in [0.1, 0.15) is 6.04 Å².